The first-order valence-corrected chi connectivity index (χ1v) is 7.53. The first kappa shape index (κ1) is 15.8. The molecule has 0 radical (unpaired) electrons. The number of carbonyl (C=O) groups is 1. The highest BCUT2D eigenvalue weighted by Crippen LogP contribution is 2.28. The second-order valence-electron chi connectivity index (χ2n) is 4.84. The van der Waals surface area contributed by atoms with Gasteiger partial charge in [-0.1, -0.05) is 30.3 Å². The third-order valence-corrected chi connectivity index (χ3v) is 4.23. The van der Waals surface area contributed by atoms with Gasteiger partial charge in [0.2, 0.25) is 0 Å². The Morgan fingerprint density at radius 1 is 1.24 bits per heavy atom. The molecular formula is C16H18BrNO3. The van der Waals surface area contributed by atoms with Gasteiger partial charge >= 0.3 is 0 Å². The topological polar surface area (TPSA) is 53.7 Å². The van der Waals surface area contributed by atoms with Crippen LogP contribution in [0.25, 0.3) is 0 Å². The summed E-state index contributed by atoms with van der Waals surface area (Å²) >= 11 is 3.40. The Hall–Kier alpha value is -1.59. The molecule has 0 unspecified atom stereocenters. The predicted molar refractivity (Wildman–Crippen MR) is 84.2 cm³/mol. The number of nitrogens with zero attached hydrogens (tertiary/aromatic N) is 1. The van der Waals surface area contributed by atoms with E-state index in [0.717, 1.165) is 5.56 Å². The summed E-state index contributed by atoms with van der Waals surface area (Å²) in [6.07, 6.45) is 0. The molecule has 112 valence electrons. The molecule has 2 aromatic rings. The van der Waals surface area contributed by atoms with Gasteiger partial charge in [0.25, 0.3) is 5.91 Å². The number of benzene rings is 1. The van der Waals surface area contributed by atoms with Crippen LogP contribution < -0.4 is 0 Å². The molecule has 4 nitrogen and oxygen atoms in total. The minimum Gasteiger partial charge on any atom is -0.465 e. The molecule has 1 amide bonds. The standard InChI is InChI=1S/C16H18BrNO3/c1-11-14(15(17)12(2)21-11)16(20)18(8-9-19)10-13-6-4-3-5-7-13/h3-7,19H,8-10H2,1-2H3. The van der Waals surface area contributed by atoms with Gasteiger partial charge in [0.15, 0.2) is 0 Å². The van der Waals surface area contributed by atoms with E-state index in [1.54, 1.807) is 18.7 Å². The largest absolute Gasteiger partial charge is 0.465 e. The van der Waals surface area contributed by atoms with E-state index in [9.17, 15) is 9.90 Å². The van der Waals surface area contributed by atoms with Crippen molar-refractivity contribution in [3.05, 3.63) is 57.5 Å². The summed E-state index contributed by atoms with van der Waals surface area (Å²) in [5.74, 6) is 1.12. The smallest absolute Gasteiger partial charge is 0.258 e. The summed E-state index contributed by atoms with van der Waals surface area (Å²) < 4.78 is 6.17. The zero-order valence-electron chi connectivity index (χ0n) is 12.1. The van der Waals surface area contributed by atoms with Crippen LogP contribution in [-0.2, 0) is 6.54 Å². The second kappa shape index (κ2) is 6.91. The van der Waals surface area contributed by atoms with Gasteiger partial charge in [-0.3, -0.25) is 4.79 Å². The number of aliphatic hydroxyl groups is 1. The Balaban J connectivity index is 2.27. The van der Waals surface area contributed by atoms with Gasteiger partial charge < -0.3 is 14.4 Å². The average Bonchev–Trinajstić information content (AvgIpc) is 2.72. The van der Waals surface area contributed by atoms with Crippen LogP contribution in [0, 0.1) is 13.8 Å². The normalized spacial score (nSPS) is 10.7. The molecule has 0 atom stereocenters. The van der Waals surface area contributed by atoms with Crippen LogP contribution in [0.1, 0.15) is 27.4 Å². The maximum Gasteiger partial charge on any atom is 0.258 e. The molecule has 0 bridgehead atoms. The van der Waals surface area contributed by atoms with E-state index in [1.165, 1.54) is 0 Å². The highest BCUT2D eigenvalue weighted by Gasteiger charge is 2.24. The summed E-state index contributed by atoms with van der Waals surface area (Å²) in [4.78, 5) is 14.3. The van der Waals surface area contributed by atoms with Crippen LogP contribution in [0.4, 0.5) is 0 Å². The van der Waals surface area contributed by atoms with Crippen molar-refractivity contribution >= 4 is 21.8 Å². The SMILES string of the molecule is Cc1oc(C)c(C(=O)N(CCO)Cc2ccccc2)c1Br. The maximum absolute atomic E-state index is 12.7. The van der Waals surface area contributed by atoms with Crippen molar-refractivity contribution in [1.82, 2.24) is 4.90 Å². The molecule has 0 saturated heterocycles. The van der Waals surface area contributed by atoms with Crippen molar-refractivity contribution < 1.29 is 14.3 Å². The monoisotopic (exact) mass is 351 g/mol. The molecule has 0 aliphatic heterocycles. The molecule has 1 heterocycles. The molecule has 0 fully saturated rings. The molecule has 1 aromatic carbocycles. The Labute approximate surface area is 132 Å². The average molecular weight is 352 g/mol. The van der Waals surface area contributed by atoms with Crippen LogP contribution in [0.2, 0.25) is 0 Å². The summed E-state index contributed by atoms with van der Waals surface area (Å²) in [6, 6.07) is 9.71. The van der Waals surface area contributed by atoms with Gasteiger partial charge in [-0.2, -0.15) is 0 Å². The minimum absolute atomic E-state index is 0.0773. The van der Waals surface area contributed by atoms with E-state index < -0.39 is 0 Å². The molecule has 0 aliphatic rings. The zero-order chi connectivity index (χ0) is 15.4. The van der Waals surface area contributed by atoms with Crippen LogP contribution in [0.3, 0.4) is 0 Å². The molecule has 21 heavy (non-hydrogen) atoms. The number of aliphatic hydroxyl groups excluding tert-OH is 1. The number of furan rings is 1. The first-order valence-electron chi connectivity index (χ1n) is 6.74. The fourth-order valence-electron chi connectivity index (χ4n) is 2.24. The molecule has 0 aliphatic carbocycles. The van der Waals surface area contributed by atoms with Gasteiger partial charge in [0.05, 0.1) is 16.6 Å². The second-order valence-corrected chi connectivity index (χ2v) is 5.63. The van der Waals surface area contributed by atoms with Crippen molar-refractivity contribution in [2.75, 3.05) is 13.2 Å². The lowest BCUT2D eigenvalue weighted by Crippen LogP contribution is -2.33. The van der Waals surface area contributed by atoms with E-state index in [1.807, 2.05) is 30.3 Å². The van der Waals surface area contributed by atoms with Gasteiger partial charge in [-0.05, 0) is 35.3 Å². The third-order valence-electron chi connectivity index (χ3n) is 3.27. The van der Waals surface area contributed by atoms with E-state index >= 15 is 0 Å². The summed E-state index contributed by atoms with van der Waals surface area (Å²) in [5, 5.41) is 9.23. The highest BCUT2D eigenvalue weighted by molar-refractivity contribution is 9.10. The Morgan fingerprint density at radius 3 is 2.43 bits per heavy atom. The quantitative estimate of drug-likeness (QED) is 0.898. The molecule has 2 rings (SSSR count). The molecule has 1 aromatic heterocycles. The number of amides is 1. The number of carbonyl (C=O) groups excluding carboxylic acids is 1. The molecule has 0 saturated carbocycles. The lowest BCUT2D eigenvalue weighted by Gasteiger charge is -2.22. The van der Waals surface area contributed by atoms with Crippen molar-refractivity contribution in [2.24, 2.45) is 0 Å². The molecule has 1 N–H and O–H groups in total. The van der Waals surface area contributed by atoms with E-state index in [0.29, 0.717) is 28.1 Å². The maximum atomic E-state index is 12.7. The lowest BCUT2D eigenvalue weighted by atomic mass is 10.1. The molecule has 0 spiro atoms. The number of aryl methyl sites for hydroxylation is 2. The van der Waals surface area contributed by atoms with E-state index in [2.05, 4.69) is 15.9 Å². The van der Waals surface area contributed by atoms with Gasteiger partial charge in [0.1, 0.15) is 11.5 Å². The van der Waals surface area contributed by atoms with Crippen LogP contribution in [0.5, 0.6) is 0 Å². The summed E-state index contributed by atoms with van der Waals surface area (Å²) in [7, 11) is 0. The number of rotatable bonds is 5. The third kappa shape index (κ3) is 3.54. The number of hydrogen-bond acceptors (Lipinski definition) is 3. The Bertz CT molecular complexity index is 622. The van der Waals surface area contributed by atoms with Crippen molar-refractivity contribution in [2.45, 2.75) is 20.4 Å². The zero-order valence-corrected chi connectivity index (χ0v) is 13.7. The van der Waals surface area contributed by atoms with Crippen molar-refractivity contribution in [1.29, 1.82) is 0 Å². The predicted octanol–water partition coefficient (Wildman–Crippen LogP) is 3.29. The van der Waals surface area contributed by atoms with Crippen molar-refractivity contribution in [3.8, 4) is 0 Å². The van der Waals surface area contributed by atoms with Gasteiger partial charge in [-0.25, -0.2) is 0 Å². The Morgan fingerprint density at radius 2 is 1.90 bits per heavy atom. The van der Waals surface area contributed by atoms with Gasteiger partial charge in [-0.15, -0.1) is 0 Å². The fourth-order valence-corrected chi connectivity index (χ4v) is 2.77. The van der Waals surface area contributed by atoms with Gasteiger partial charge in [0, 0.05) is 13.1 Å². The number of hydrogen-bond donors (Lipinski definition) is 1. The highest BCUT2D eigenvalue weighted by atomic mass is 79.9. The summed E-state index contributed by atoms with van der Waals surface area (Å²) in [5.41, 5.74) is 1.55. The minimum atomic E-state index is -0.144. The van der Waals surface area contributed by atoms with Crippen LogP contribution in [0.15, 0.2) is 39.2 Å². The fraction of sp³-hybridized carbons (Fsp3) is 0.312. The van der Waals surface area contributed by atoms with Crippen LogP contribution >= 0.6 is 15.9 Å². The van der Waals surface area contributed by atoms with E-state index in [4.69, 9.17) is 4.42 Å². The molecular weight excluding hydrogens is 334 g/mol. The lowest BCUT2D eigenvalue weighted by molar-refractivity contribution is 0.0705. The Kier molecular flexibility index (Phi) is 5.20. The van der Waals surface area contributed by atoms with Crippen molar-refractivity contribution in [3.63, 3.8) is 0 Å². The first-order chi connectivity index (χ1) is 10.0. The van der Waals surface area contributed by atoms with E-state index in [-0.39, 0.29) is 19.1 Å². The van der Waals surface area contributed by atoms with Crippen LogP contribution in [-0.4, -0.2) is 29.1 Å². The number of halogens is 1. The molecule has 5 heteroatoms. The summed E-state index contributed by atoms with van der Waals surface area (Å²) in [6.45, 7) is 4.23.